The van der Waals surface area contributed by atoms with Gasteiger partial charge >= 0.3 is 71.8 Å². The van der Waals surface area contributed by atoms with Gasteiger partial charge in [0.1, 0.15) is 11.6 Å². The van der Waals surface area contributed by atoms with Crippen LogP contribution in [0.25, 0.3) is 11.1 Å². The smallest absolute Gasteiger partial charge is 1.00 e. The average molecular weight is 761 g/mol. The van der Waals surface area contributed by atoms with Crippen molar-refractivity contribution in [2.45, 2.75) is 32.4 Å². The molecule has 0 nitrogen and oxygen atoms in total. The standard InChI is InChI=1S/2C12H10F.C7H8Ge.2ClH.Hf/c2*1-9-3-2-4-12(9)10-5-7-11(13)8-6-10;1-8-7-5-3-2-4-6-7;;;/h2*4-8H,2H2,1H3;2-6H,1H3;2*1H;/q2*-1;;;;+2/p-2. The van der Waals surface area contributed by atoms with Crippen molar-refractivity contribution in [3.63, 3.8) is 0 Å². The Kier molecular flexibility index (Phi) is 15.5. The molecule has 0 saturated heterocycles. The van der Waals surface area contributed by atoms with Gasteiger partial charge in [0.15, 0.2) is 0 Å². The number of hydrogen-bond donors (Lipinski definition) is 0. The van der Waals surface area contributed by atoms with Crippen molar-refractivity contribution >= 4 is 25.6 Å². The molecule has 0 N–H and O–H groups in total. The van der Waals surface area contributed by atoms with Gasteiger partial charge in [0.05, 0.1) is 0 Å². The Labute approximate surface area is 248 Å². The third-order valence-electron chi connectivity index (χ3n) is 5.67. The summed E-state index contributed by atoms with van der Waals surface area (Å²) in [5, 5.41) is 0. The third-order valence-corrected chi connectivity index (χ3v) is 13.6. The quantitative estimate of drug-likeness (QED) is 0.283. The zero-order valence-electron chi connectivity index (χ0n) is 21.1. The Morgan fingerprint density at radius 2 is 1.03 bits per heavy atom. The first-order chi connectivity index (χ1) is 16.8. The van der Waals surface area contributed by atoms with Crippen molar-refractivity contribution in [2.24, 2.45) is 0 Å². The molecular weight excluding hydrogens is 732 g/mol. The molecule has 2 aliphatic carbocycles. The molecule has 2 aliphatic rings. The molecule has 0 fully saturated rings. The first-order valence-corrected chi connectivity index (χ1v) is 25.1. The van der Waals surface area contributed by atoms with E-state index in [1.807, 2.05) is 13.8 Å². The first kappa shape index (κ1) is 33.5. The molecule has 0 unspecified atom stereocenters. The van der Waals surface area contributed by atoms with Crippen LogP contribution in [0.3, 0.4) is 0 Å². The van der Waals surface area contributed by atoms with E-state index in [0.29, 0.717) is 0 Å². The maximum absolute atomic E-state index is 12.6. The van der Waals surface area contributed by atoms with Gasteiger partial charge in [0.2, 0.25) is 0 Å². The molecule has 3 aromatic rings. The molecular formula is C31H28Cl2F2GeHf-2. The largest absolute Gasteiger partial charge is 1.00 e. The molecule has 0 atom stereocenters. The second-order valence-electron chi connectivity index (χ2n) is 8.25. The van der Waals surface area contributed by atoms with Crippen molar-refractivity contribution in [3.05, 3.63) is 137 Å². The van der Waals surface area contributed by atoms with E-state index in [-0.39, 0.29) is 36.4 Å². The van der Waals surface area contributed by atoms with Crippen LogP contribution in [0, 0.1) is 23.8 Å². The fourth-order valence-electron chi connectivity index (χ4n) is 3.72. The molecule has 5 rings (SSSR count). The van der Waals surface area contributed by atoms with E-state index >= 15 is 0 Å². The van der Waals surface area contributed by atoms with Gasteiger partial charge < -0.3 is 24.8 Å². The van der Waals surface area contributed by atoms with Crippen molar-refractivity contribution in [3.8, 4) is 0 Å². The van der Waals surface area contributed by atoms with E-state index in [4.69, 9.17) is 0 Å². The first-order valence-electron chi connectivity index (χ1n) is 11.5. The molecule has 190 valence electrons. The van der Waals surface area contributed by atoms with Gasteiger partial charge in [0, 0.05) is 0 Å². The Hall–Kier alpha value is -1.53. The molecule has 0 heterocycles. The van der Waals surface area contributed by atoms with Crippen LogP contribution in [-0.2, 0) is 21.3 Å². The predicted molar refractivity (Wildman–Crippen MR) is 141 cm³/mol. The maximum atomic E-state index is 12.6. The van der Waals surface area contributed by atoms with E-state index in [0.717, 1.165) is 35.1 Å². The summed E-state index contributed by atoms with van der Waals surface area (Å²) in [6.07, 6.45) is 12.4. The Morgan fingerprint density at radius 1 is 0.649 bits per heavy atom. The summed E-state index contributed by atoms with van der Waals surface area (Å²) in [4.78, 5) is 0. The fourth-order valence-corrected chi connectivity index (χ4v) is 8.29. The molecule has 0 aromatic heterocycles. The summed E-state index contributed by atoms with van der Waals surface area (Å²) in [5.74, 6) is 2.06. The molecule has 0 radical (unpaired) electrons. The van der Waals surface area contributed by atoms with Crippen LogP contribution in [-0.4, -0.2) is 10.1 Å². The molecule has 37 heavy (non-hydrogen) atoms. The van der Waals surface area contributed by atoms with Crippen LogP contribution in [0.5, 0.6) is 0 Å². The van der Waals surface area contributed by atoms with E-state index in [2.05, 4.69) is 60.4 Å². The molecule has 0 aliphatic heterocycles. The van der Waals surface area contributed by atoms with Crippen molar-refractivity contribution < 1.29 is 54.9 Å². The van der Waals surface area contributed by atoms with E-state index in [1.54, 1.807) is 28.7 Å². The summed E-state index contributed by atoms with van der Waals surface area (Å²) in [6.45, 7) is 4.06. The normalized spacial score (nSPS) is 13.2. The van der Waals surface area contributed by atoms with Crippen LogP contribution < -0.4 is 29.2 Å². The molecule has 0 saturated carbocycles. The summed E-state index contributed by atoms with van der Waals surface area (Å²) < 4.78 is 26.9. The average Bonchev–Trinajstić information content (AvgIpc) is 3.49. The monoisotopic (exact) mass is 762 g/mol. The summed E-state index contributed by atoms with van der Waals surface area (Å²) >= 11 is 1.42. The number of benzene rings is 3. The van der Waals surface area contributed by atoms with Gasteiger partial charge in [-0.05, 0) is 24.3 Å². The topological polar surface area (TPSA) is 0 Å². The van der Waals surface area contributed by atoms with E-state index in [9.17, 15) is 8.78 Å². The second-order valence-corrected chi connectivity index (χ2v) is 26.1. The summed E-state index contributed by atoms with van der Waals surface area (Å²) in [5.41, 5.74) is 6.83. The van der Waals surface area contributed by atoms with Crippen molar-refractivity contribution in [1.29, 1.82) is 0 Å². The van der Waals surface area contributed by atoms with Crippen LogP contribution in [0.15, 0.2) is 102 Å². The molecule has 0 bridgehead atoms. The van der Waals surface area contributed by atoms with E-state index < -0.39 is 10.1 Å². The number of allylic oxidation sites excluding steroid dienone is 8. The third kappa shape index (κ3) is 10.6. The van der Waals surface area contributed by atoms with Gasteiger partial charge in [-0.3, -0.25) is 12.2 Å². The maximum Gasteiger partial charge on any atom is -1.00 e. The van der Waals surface area contributed by atoms with Crippen LogP contribution in [0.1, 0.15) is 37.8 Å². The Balaban J connectivity index is 0.000000275. The SMILES string of the molecule is CC1=[C-]CC=C1c1ccc(F)cc1.CC1=[C-]CC=C1c1ccc(F)cc1.[CH3][Ge](=[Hf+2])[c]1ccccc1.[Cl-].[Cl-]. The number of rotatable bonds is 3. The van der Waals surface area contributed by atoms with Gasteiger partial charge in [-0.2, -0.15) is 23.3 Å². The fraction of sp³-hybridized carbons (Fsp3) is 0.161. The van der Waals surface area contributed by atoms with E-state index in [1.165, 1.54) is 56.7 Å². The molecule has 0 spiro atoms. The minimum Gasteiger partial charge on any atom is -1.00 e. The summed E-state index contributed by atoms with van der Waals surface area (Å²) in [7, 11) is -0.627. The van der Waals surface area contributed by atoms with Gasteiger partial charge in [-0.15, -0.1) is 24.0 Å². The van der Waals surface area contributed by atoms with Crippen molar-refractivity contribution in [2.75, 3.05) is 0 Å². The zero-order chi connectivity index (χ0) is 25.2. The van der Waals surface area contributed by atoms with Gasteiger partial charge in [-0.25, -0.2) is 19.9 Å². The molecule has 6 heteroatoms. The minimum absolute atomic E-state index is 0. The number of hydrogen-bond acceptors (Lipinski definition) is 0. The Bertz CT molecular complexity index is 1200. The summed E-state index contributed by atoms with van der Waals surface area (Å²) in [6, 6.07) is 24.1. The van der Waals surface area contributed by atoms with Crippen LogP contribution in [0.2, 0.25) is 5.76 Å². The zero-order valence-corrected chi connectivity index (χ0v) is 28.3. The second kappa shape index (κ2) is 17.1. The minimum atomic E-state index is -0.627. The van der Waals surface area contributed by atoms with Crippen LogP contribution >= 0.6 is 0 Å². The van der Waals surface area contributed by atoms with Crippen LogP contribution in [0.4, 0.5) is 8.78 Å². The predicted octanol–water partition coefficient (Wildman–Crippen LogP) is 1.79. The van der Waals surface area contributed by atoms with Gasteiger partial charge in [0.25, 0.3) is 0 Å². The molecule has 0 amide bonds. The Morgan fingerprint density at radius 3 is 1.30 bits per heavy atom. The van der Waals surface area contributed by atoms with Crippen molar-refractivity contribution in [1.82, 2.24) is 0 Å². The van der Waals surface area contributed by atoms with Gasteiger partial charge in [-0.1, -0.05) is 38.1 Å². The number of halogens is 4. The molecule has 3 aromatic carbocycles.